The van der Waals surface area contributed by atoms with Crippen molar-refractivity contribution in [1.29, 1.82) is 0 Å². The van der Waals surface area contributed by atoms with Gasteiger partial charge in [-0.1, -0.05) is 11.6 Å². The first-order chi connectivity index (χ1) is 14.0. The van der Waals surface area contributed by atoms with E-state index in [1.54, 1.807) is 30.3 Å². The number of aryl methyl sites for hydroxylation is 1. The Kier molecular flexibility index (Phi) is 6.94. The largest absolute Gasteiger partial charge is 0.465 e. The minimum absolute atomic E-state index is 0.212. The van der Waals surface area contributed by atoms with Crippen LogP contribution in [0.1, 0.15) is 58.6 Å². The maximum absolute atomic E-state index is 12.5. The van der Waals surface area contributed by atoms with Crippen molar-refractivity contribution < 1.29 is 14.3 Å². The number of allylic oxidation sites excluding steroid dienone is 1. The van der Waals surface area contributed by atoms with Crippen LogP contribution in [0, 0.1) is 6.92 Å². The Bertz CT molecular complexity index is 907. The van der Waals surface area contributed by atoms with Gasteiger partial charge in [0, 0.05) is 17.9 Å². The summed E-state index contributed by atoms with van der Waals surface area (Å²) in [5.41, 5.74) is 3.60. The Morgan fingerprint density at radius 1 is 1.14 bits per heavy atom. The van der Waals surface area contributed by atoms with Crippen molar-refractivity contribution in [3.05, 3.63) is 58.9 Å². The van der Waals surface area contributed by atoms with Gasteiger partial charge in [0.1, 0.15) is 5.69 Å². The predicted octanol–water partition coefficient (Wildman–Crippen LogP) is 3.94. The number of aromatic nitrogens is 2. The average molecular weight is 394 g/mol. The number of nitrogens with zero attached hydrogens (tertiary/aromatic N) is 2. The van der Waals surface area contributed by atoms with Crippen molar-refractivity contribution in [2.75, 3.05) is 19.0 Å². The minimum atomic E-state index is -0.397. The van der Waals surface area contributed by atoms with E-state index in [1.807, 2.05) is 6.92 Å². The normalized spacial score (nSPS) is 13.4. The topological polar surface area (TPSA) is 93.2 Å². The van der Waals surface area contributed by atoms with Crippen LogP contribution < -0.4 is 10.6 Å². The van der Waals surface area contributed by atoms with Crippen molar-refractivity contribution in [2.45, 2.75) is 39.0 Å². The Morgan fingerprint density at radius 2 is 1.93 bits per heavy atom. The lowest BCUT2D eigenvalue weighted by Crippen LogP contribution is -2.26. The standard InChI is InChI=1S/C22H26N4O3/c1-15-14-19(20(27)23-13-12-16-6-4-3-5-7-16)26-22(24-15)25-18-10-8-17(9-11-18)21(28)29-2/h6,8-11,14H,3-5,7,12-13H2,1-2H3,(H,23,27)(H,24,25,26). The second-order valence-corrected chi connectivity index (χ2v) is 7.03. The highest BCUT2D eigenvalue weighted by molar-refractivity contribution is 5.92. The van der Waals surface area contributed by atoms with Gasteiger partial charge in [0.25, 0.3) is 5.91 Å². The molecule has 0 radical (unpaired) electrons. The van der Waals surface area contributed by atoms with Gasteiger partial charge in [0.2, 0.25) is 5.95 Å². The van der Waals surface area contributed by atoms with Crippen LogP contribution in [0.5, 0.6) is 0 Å². The van der Waals surface area contributed by atoms with Gasteiger partial charge in [0.15, 0.2) is 0 Å². The molecule has 0 saturated heterocycles. The van der Waals surface area contributed by atoms with E-state index < -0.39 is 5.97 Å². The highest BCUT2D eigenvalue weighted by Crippen LogP contribution is 2.19. The number of anilines is 2. The Balaban J connectivity index is 1.62. The van der Waals surface area contributed by atoms with E-state index in [0.717, 1.165) is 19.3 Å². The van der Waals surface area contributed by atoms with Gasteiger partial charge >= 0.3 is 5.97 Å². The van der Waals surface area contributed by atoms with E-state index in [9.17, 15) is 9.59 Å². The molecular weight excluding hydrogens is 368 g/mol. The smallest absolute Gasteiger partial charge is 0.337 e. The number of methoxy groups -OCH3 is 1. The summed E-state index contributed by atoms with van der Waals surface area (Å²) in [4.78, 5) is 32.7. The number of rotatable bonds is 7. The molecule has 0 fully saturated rings. The molecule has 0 bridgehead atoms. The molecule has 1 aliphatic rings. The Hall–Kier alpha value is -3.22. The lowest BCUT2D eigenvalue weighted by Gasteiger charge is -2.13. The number of carbonyl (C=O) groups excluding carboxylic acids is 2. The molecule has 1 aromatic carbocycles. The summed E-state index contributed by atoms with van der Waals surface area (Å²) in [5, 5.41) is 6.01. The van der Waals surface area contributed by atoms with Gasteiger partial charge in [-0.3, -0.25) is 4.79 Å². The summed E-state index contributed by atoms with van der Waals surface area (Å²) < 4.78 is 4.69. The number of benzene rings is 1. The molecule has 0 spiro atoms. The fraction of sp³-hybridized carbons (Fsp3) is 0.364. The van der Waals surface area contributed by atoms with Gasteiger partial charge in [0.05, 0.1) is 12.7 Å². The second kappa shape index (κ2) is 9.82. The number of amides is 1. The molecule has 3 rings (SSSR count). The lowest BCUT2D eigenvalue weighted by atomic mass is 9.97. The monoisotopic (exact) mass is 394 g/mol. The van der Waals surface area contributed by atoms with Crippen LogP contribution in [-0.4, -0.2) is 35.5 Å². The van der Waals surface area contributed by atoms with E-state index in [1.165, 1.54) is 25.5 Å². The summed E-state index contributed by atoms with van der Waals surface area (Å²) in [6.45, 7) is 2.42. The molecule has 0 unspecified atom stereocenters. The molecule has 0 atom stereocenters. The van der Waals surface area contributed by atoms with Gasteiger partial charge in [-0.2, -0.15) is 0 Å². The Labute approximate surface area is 170 Å². The van der Waals surface area contributed by atoms with Crippen LogP contribution in [0.3, 0.4) is 0 Å². The zero-order chi connectivity index (χ0) is 20.6. The van der Waals surface area contributed by atoms with Crippen molar-refractivity contribution in [2.24, 2.45) is 0 Å². The number of hydrogen-bond donors (Lipinski definition) is 2. The zero-order valence-corrected chi connectivity index (χ0v) is 16.8. The fourth-order valence-electron chi connectivity index (χ4n) is 3.24. The molecule has 1 heterocycles. The van der Waals surface area contributed by atoms with Crippen LogP contribution in [-0.2, 0) is 4.74 Å². The highest BCUT2D eigenvalue weighted by atomic mass is 16.5. The van der Waals surface area contributed by atoms with Crippen molar-refractivity contribution in [1.82, 2.24) is 15.3 Å². The first-order valence-corrected chi connectivity index (χ1v) is 9.82. The van der Waals surface area contributed by atoms with Gasteiger partial charge in [-0.15, -0.1) is 0 Å². The number of esters is 1. The van der Waals surface area contributed by atoms with Crippen LogP contribution in [0.2, 0.25) is 0 Å². The Morgan fingerprint density at radius 3 is 2.62 bits per heavy atom. The van der Waals surface area contributed by atoms with Gasteiger partial charge in [-0.25, -0.2) is 14.8 Å². The van der Waals surface area contributed by atoms with E-state index in [4.69, 9.17) is 4.74 Å². The first-order valence-electron chi connectivity index (χ1n) is 9.82. The molecule has 1 aromatic heterocycles. The summed E-state index contributed by atoms with van der Waals surface area (Å²) in [6, 6.07) is 8.43. The van der Waals surface area contributed by atoms with E-state index in [2.05, 4.69) is 26.7 Å². The molecule has 1 aliphatic carbocycles. The lowest BCUT2D eigenvalue weighted by molar-refractivity contribution is 0.0600. The van der Waals surface area contributed by atoms with E-state index in [0.29, 0.717) is 35.1 Å². The zero-order valence-electron chi connectivity index (χ0n) is 16.8. The number of carbonyl (C=O) groups is 2. The number of hydrogen-bond acceptors (Lipinski definition) is 6. The van der Waals surface area contributed by atoms with Crippen molar-refractivity contribution in [3.8, 4) is 0 Å². The predicted molar refractivity (Wildman–Crippen MR) is 111 cm³/mol. The summed E-state index contributed by atoms with van der Waals surface area (Å²) in [7, 11) is 1.34. The van der Waals surface area contributed by atoms with Crippen LogP contribution in [0.15, 0.2) is 42.0 Å². The second-order valence-electron chi connectivity index (χ2n) is 7.03. The summed E-state index contributed by atoms with van der Waals surface area (Å²) >= 11 is 0. The van der Waals surface area contributed by atoms with Crippen LogP contribution in [0.25, 0.3) is 0 Å². The molecule has 1 amide bonds. The molecule has 2 N–H and O–H groups in total. The molecule has 29 heavy (non-hydrogen) atoms. The molecular formula is C22H26N4O3. The quantitative estimate of drug-likeness (QED) is 0.546. The maximum Gasteiger partial charge on any atom is 0.337 e. The third kappa shape index (κ3) is 5.88. The van der Waals surface area contributed by atoms with E-state index >= 15 is 0 Å². The molecule has 0 aliphatic heterocycles. The molecule has 0 saturated carbocycles. The maximum atomic E-state index is 12.5. The van der Waals surface area contributed by atoms with Crippen LogP contribution in [0.4, 0.5) is 11.6 Å². The fourth-order valence-corrected chi connectivity index (χ4v) is 3.24. The molecule has 152 valence electrons. The molecule has 7 nitrogen and oxygen atoms in total. The first kappa shape index (κ1) is 20.5. The van der Waals surface area contributed by atoms with E-state index in [-0.39, 0.29) is 5.91 Å². The molecule has 7 heteroatoms. The minimum Gasteiger partial charge on any atom is -0.465 e. The van der Waals surface area contributed by atoms with Crippen molar-refractivity contribution >= 4 is 23.5 Å². The number of ether oxygens (including phenoxy) is 1. The van der Waals surface area contributed by atoms with Crippen LogP contribution >= 0.6 is 0 Å². The SMILES string of the molecule is COC(=O)c1ccc(Nc2nc(C)cc(C(=O)NCCC3=CCCCC3)n2)cc1. The van der Waals surface area contributed by atoms with Gasteiger partial charge in [-0.05, 0) is 69.4 Å². The third-order valence-electron chi connectivity index (χ3n) is 4.77. The van der Waals surface area contributed by atoms with Gasteiger partial charge < -0.3 is 15.4 Å². The third-order valence-corrected chi connectivity index (χ3v) is 4.77. The molecule has 2 aromatic rings. The van der Waals surface area contributed by atoms with Crippen molar-refractivity contribution in [3.63, 3.8) is 0 Å². The highest BCUT2D eigenvalue weighted by Gasteiger charge is 2.12. The summed E-state index contributed by atoms with van der Waals surface area (Å²) in [6.07, 6.45) is 7.94. The average Bonchev–Trinajstić information content (AvgIpc) is 2.74. The number of nitrogens with one attached hydrogen (secondary N) is 2. The summed E-state index contributed by atoms with van der Waals surface area (Å²) in [5.74, 6) is -0.279.